The fourth-order valence-electron chi connectivity index (χ4n) is 3.98. The first kappa shape index (κ1) is 17.9. The summed E-state index contributed by atoms with van der Waals surface area (Å²) >= 11 is 6.26. The van der Waals surface area contributed by atoms with Crippen molar-refractivity contribution in [2.24, 2.45) is 0 Å². The zero-order valence-electron chi connectivity index (χ0n) is 14.9. The number of aromatic nitrogens is 3. The Kier molecular flexibility index (Phi) is 4.79. The molecule has 0 N–H and O–H groups in total. The molecule has 2 aliphatic rings. The Morgan fingerprint density at radius 1 is 1.12 bits per heavy atom. The summed E-state index contributed by atoms with van der Waals surface area (Å²) in [5.74, 6) is 1.77. The first-order chi connectivity index (χ1) is 12.5. The number of aryl methyl sites for hydroxylation is 2. The highest BCUT2D eigenvalue weighted by Crippen LogP contribution is 2.38. The van der Waals surface area contributed by atoms with Crippen molar-refractivity contribution >= 4 is 21.6 Å². The normalized spacial score (nSPS) is 21.5. The topological polar surface area (TPSA) is 68.1 Å². The summed E-state index contributed by atoms with van der Waals surface area (Å²) in [6.07, 6.45) is 5.87. The zero-order chi connectivity index (χ0) is 18.3. The van der Waals surface area contributed by atoms with E-state index in [9.17, 15) is 8.42 Å². The van der Waals surface area contributed by atoms with E-state index in [1.165, 1.54) is 6.42 Å². The van der Waals surface area contributed by atoms with Crippen LogP contribution < -0.4 is 0 Å². The second kappa shape index (κ2) is 6.94. The third-order valence-electron chi connectivity index (χ3n) is 5.31. The highest BCUT2D eigenvalue weighted by atomic mass is 35.5. The van der Waals surface area contributed by atoms with Crippen LogP contribution in [0.15, 0.2) is 23.1 Å². The van der Waals surface area contributed by atoms with Crippen LogP contribution in [0.4, 0.5) is 0 Å². The first-order valence-electron chi connectivity index (χ1n) is 9.18. The molecule has 2 aromatic rings. The highest BCUT2D eigenvalue weighted by Gasteiger charge is 2.40. The fourth-order valence-corrected chi connectivity index (χ4v) is 6.21. The van der Waals surface area contributed by atoms with E-state index in [0.717, 1.165) is 55.9 Å². The van der Waals surface area contributed by atoms with Gasteiger partial charge in [0.1, 0.15) is 10.7 Å². The number of hydrogen-bond donors (Lipinski definition) is 0. The number of halogens is 1. The number of fused-ring (bicyclic) bond motifs is 1. The Hall–Kier alpha value is -1.44. The summed E-state index contributed by atoms with van der Waals surface area (Å²) < 4.78 is 30.3. The summed E-state index contributed by atoms with van der Waals surface area (Å²) in [6, 6.07) is 4.82. The van der Waals surface area contributed by atoms with Crippen molar-refractivity contribution in [3.8, 4) is 0 Å². The van der Waals surface area contributed by atoms with Crippen LogP contribution in [0.3, 0.4) is 0 Å². The highest BCUT2D eigenvalue weighted by molar-refractivity contribution is 7.89. The quantitative estimate of drug-likeness (QED) is 0.799. The van der Waals surface area contributed by atoms with E-state index in [4.69, 9.17) is 11.6 Å². The molecule has 1 fully saturated rings. The maximum Gasteiger partial charge on any atom is 0.245 e. The van der Waals surface area contributed by atoms with Gasteiger partial charge in [-0.1, -0.05) is 24.1 Å². The van der Waals surface area contributed by atoms with Crippen LogP contribution >= 0.6 is 11.6 Å². The molecule has 3 heterocycles. The molecule has 2 aliphatic heterocycles. The lowest BCUT2D eigenvalue weighted by molar-refractivity contribution is 0.370. The number of sulfonamides is 1. The molecule has 4 rings (SSSR count). The van der Waals surface area contributed by atoms with Gasteiger partial charge in [-0.15, -0.1) is 10.2 Å². The summed E-state index contributed by atoms with van der Waals surface area (Å²) in [5, 5.41) is 9.01. The molecule has 0 saturated carbocycles. The van der Waals surface area contributed by atoms with E-state index in [2.05, 4.69) is 14.8 Å². The molecule has 26 heavy (non-hydrogen) atoms. The SMILES string of the molecule is Cc1ccc(S(=O)(=O)N2CCC[C@@H]2c2nnc3n2CCCCC3)c(Cl)c1. The van der Waals surface area contributed by atoms with Crippen LogP contribution in [-0.2, 0) is 23.0 Å². The lowest BCUT2D eigenvalue weighted by Gasteiger charge is -2.24. The number of rotatable bonds is 3. The van der Waals surface area contributed by atoms with E-state index in [0.29, 0.717) is 6.54 Å². The third kappa shape index (κ3) is 3.06. The minimum absolute atomic E-state index is 0.173. The zero-order valence-corrected chi connectivity index (χ0v) is 16.4. The lowest BCUT2D eigenvalue weighted by atomic mass is 10.2. The second-order valence-electron chi connectivity index (χ2n) is 7.14. The fraction of sp³-hybridized carbons (Fsp3) is 0.556. The average molecular weight is 395 g/mol. The van der Waals surface area contributed by atoms with Gasteiger partial charge in [0.05, 0.1) is 11.1 Å². The van der Waals surface area contributed by atoms with E-state index in [1.807, 2.05) is 6.92 Å². The van der Waals surface area contributed by atoms with Gasteiger partial charge in [-0.3, -0.25) is 0 Å². The van der Waals surface area contributed by atoms with Crippen LogP contribution in [0.5, 0.6) is 0 Å². The molecule has 0 aliphatic carbocycles. The van der Waals surface area contributed by atoms with Gasteiger partial charge in [0, 0.05) is 19.5 Å². The predicted molar refractivity (Wildman–Crippen MR) is 99.6 cm³/mol. The first-order valence-corrected chi connectivity index (χ1v) is 11.0. The van der Waals surface area contributed by atoms with Gasteiger partial charge in [0.2, 0.25) is 10.0 Å². The van der Waals surface area contributed by atoms with Crippen LogP contribution in [0.25, 0.3) is 0 Å². The minimum atomic E-state index is -3.68. The summed E-state index contributed by atoms with van der Waals surface area (Å²) in [7, 11) is -3.68. The molecule has 6 nitrogen and oxygen atoms in total. The Morgan fingerprint density at radius 3 is 2.77 bits per heavy atom. The Morgan fingerprint density at radius 2 is 1.96 bits per heavy atom. The monoisotopic (exact) mass is 394 g/mol. The van der Waals surface area contributed by atoms with Crippen LogP contribution in [0.1, 0.15) is 55.4 Å². The maximum atomic E-state index is 13.3. The standard InChI is InChI=1S/C18H23ClN4O2S/c1-13-8-9-16(14(19)12-13)26(24,25)23-11-5-6-15(23)18-21-20-17-7-3-2-4-10-22(17)18/h8-9,12,15H,2-7,10-11H2,1H3/t15-/m1/s1. The molecule has 0 bridgehead atoms. The van der Waals surface area contributed by atoms with Crippen molar-refractivity contribution < 1.29 is 8.42 Å². The van der Waals surface area contributed by atoms with Gasteiger partial charge in [0.15, 0.2) is 5.82 Å². The van der Waals surface area contributed by atoms with Gasteiger partial charge in [-0.25, -0.2) is 8.42 Å². The van der Waals surface area contributed by atoms with E-state index in [-0.39, 0.29) is 16.0 Å². The molecule has 0 spiro atoms. The van der Waals surface area contributed by atoms with Crippen LogP contribution in [0, 0.1) is 6.92 Å². The molecule has 8 heteroatoms. The molecular formula is C18H23ClN4O2S. The smallest absolute Gasteiger partial charge is 0.245 e. The lowest BCUT2D eigenvalue weighted by Crippen LogP contribution is -2.32. The Bertz CT molecular complexity index is 925. The van der Waals surface area contributed by atoms with Crippen molar-refractivity contribution in [1.29, 1.82) is 0 Å². The van der Waals surface area contributed by atoms with Crippen LogP contribution in [0.2, 0.25) is 5.02 Å². The molecule has 0 radical (unpaired) electrons. The van der Waals surface area contributed by atoms with Crippen LogP contribution in [-0.4, -0.2) is 34.0 Å². The average Bonchev–Trinajstić information content (AvgIpc) is 3.16. The number of benzene rings is 1. The van der Waals surface area contributed by atoms with Gasteiger partial charge in [-0.2, -0.15) is 4.31 Å². The maximum absolute atomic E-state index is 13.3. The Labute approximate surface area is 159 Å². The molecule has 1 atom stereocenters. The molecule has 1 aromatic heterocycles. The van der Waals surface area contributed by atoms with Crippen molar-refractivity contribution in [2.45, 2.75) is 62.9 Å². The molecule has 0 amide bonds. The van der Waals surface area contributed by atoms with Crippen molar-refractivity contribution in [2.75, 3.05) is 6.54 Å². The van der Waals surface area contributed by atoms with E-state index in [1.54, 1.807) is 22.5 Å². The molecular weight excluding hydrogens is 372 g/mol. The number of nitrogens with zero attached hydrogens (tertiary/aromatic N) is 4. The Balaban J connectivity index is 1.72. The van der Waals surface area contributed by atoms with Gasteiger partial charge in [-0.05, 0) is 50.3 Å². The minimum Gasteiger partial charge on any atom is -0.314 e. The van der Waals surface area contributed by atoms with Crippen molar-refractivity contribution in [3.63, 3.8) is 0 Å². The molecule has 1 aromatic carbocycles. The summed E-state index contributed by atoms with van der Waals surface area (Å²) in [4.78, 5) is 0.173. The van der Waals surface area contributed by atoms with Crippen molar-refractivity contribution in [3.05, 3.63) is 40.4 Å². The largest absolute Gasteiger partial charge is 0.314 e. The second-order valence-corrected chi connectivity index (χ2v) is 9.41. The number of hydrogen-bond acceptors (Lipinski definition) is 4. The molecule has 140 valence electrons. The van der Waals surface area contributed by atoms with Gasteiger partial charge in [0.25, 0.3) is 0 Å². The summed E-state index contributed by atoms with van der Waals surface area (Å²) in [6.45, 7) is 3.25. The van der Waals surface area contributed by atoms with Gasteiger partial charge < -0.3 is 4.57 Å². The summed E-state index contributed by atoms with van der Waals surface area (Å²) in [5.41, 5.74) is 0.940. The van der Waals surface area contributed by atoms with E-state index < -0.39 is 10.0 Å². The predicted octanol–water partition coefficient (Wildman–Crippen LogP) is 3.49. The third-order valence-corrected chi connectivity index (χ3v) is 7.70. The van der Waals surface area contributed by atoms with E-state index >= 15 is 0 Å². The molecule has 0 unspecified atom stereocenters. The van der Waals surface area contributed by atoms with Crippen molar-refractivity contribution in [1.82, 2.24) is 19.1 Å². The van der Waals surface area contributed by atoms with Gasteiger partial charge >= 0.3 is 0 Å². The molecule has 1 saturated heterocycles.